The summed E-state index contributed by atoms with van der Waals surface area (Å²) in [5.74, 6) is 1.18. The van der Waals surface area contributed by atoms with E-state index in [9.17, 15) is 4.79 Å². The molecule has 0 saturated carbocycles. The Balaban J connectivity index is 1.59. The van der Waals surface area contributed by atoms with Crippen molar-refractivity contribution in [3.63, 3.8) is 0 Å². The normalized spacial score (nSPS) is 19.0. The molecule has 0 aliphatic carbocycles. The molecule has 1 amide bonds. The Kier molecular flexibility index (Phi) is 4.31. The van der Waals surface area contributed by atoms with Crippen molar-refractivity contribution in [2.75, 3.05) is 33.4 Å². The van der Waals surface area contributed by atoms with Crippen molar-refractivity contribution in [1.82, 2.24) is 19.8 Å². The lowest BCUT2D eigenvalue weighted by molar-refractivity contribution is -0.137. The number of methoxy groups -OCH3 is 1. The highest BCUT2D eigenvalue weighted by Crippen LogP contribution is 2.36. The number of hydrogen-bond acceptors (Lipinski definition) is 4. The molecule has 2 aliphatic rings. The number of likely N-dealkylation sites (tertiary alicyclic amines) is 1. The molecule has 1 aromatic heterocycles. The summed E-state index contributed by atoms with van der Waals surface area (Å²) in [4.78, 5) is 18.8. The summed E-state index contributed by atoms with van der Waals surface area (Å²) >= 11 is 0. The van der Waals surface area contributed by atoms with Crippen LogP contribution in [-0.2, 0) is 21.6 Å². The van der Waals surface area contributed by atoms with Crippen molar-refractivity contribution in [3.05, 3.63) is 42.4 Å². The Morgan fingerprint density at radius 2 is 2.00 bits per heavy atom. The highest BCUT2D eigenvalue weighted by Gasteiger charge is 2.42. The molecular formula is C19H24N4O2. The van der Waals surface area contributed by atoms with Gasteiger partial charge in [0.25, 0.3) is 0 Å². The molecule has 2 aliphatic heterocycles. The lowest BCUT2D eigenvalue weighted by atomic mass is 9.85. The summed E-state index contributed by atoms with van der Waals surface area (Å²) in [5, 5.41) is 3.69. The van der Waals surface area contributed by atoms with E-state index in [1.807, 2.05) is 17.2 Å². The molecule has 0 radical (unpaired) electrons. The van der Waals surface area contributed by atoms with E-state index in [0.717, 1.165) is 44.8 Å². The number of nitrogens with zero attached hydrogens (tertiary/aromatic N) is 3. The molecule has 6 nitrogen and oxygen atoms in total. The average molecular weight is 340 g/mol. The second-order valence-corrected chi connectivity index (χ2v) is 6.81. The number of benzene rings is 1. The SMILES string of the molecule is COCC(=O)N1CCC2(CC1)NCCn1c(-c3ccccc3)cnc12. The van der Waals surface area contributed by atoms with E-state index < -0.39 is 0 Å². The second-order valence-electron chi connectivity index (χ2n) is 6.81. The van der Waals surface area contributed by atoms with Crippen LogP contribution >= 0.6 is 0 Å². The highest BCUT2D eigenvalue weighted by molar-refractivity contribution is 5.77. The van der Waals surface area contributed by atoms with Crippen LogP contribution in [0.2, 0.25) is 0 Å². The molecule has 0 unspecified atom stereocenters. The summed E-state index contributed by atoms with van der Waals surface area (Å²) < 4.78 is 7.32. The third-order valence-electron chi connectivity index (χ3n) is 5.39. The fourth-order valence-electron chi connectivity index (χ4n) is 4.06. The Morgan fingerprint density at radius 1 is 1.24 bits per heavy atom. The molecular weight excluding hydrogens is 316 g/mol. The number of imidazole rings is 1. The molecule has 3 heterocycles. The topological polar surface area (TPSA) is 59.4 Å². The standard InChI is InChI=1S/C19H24N4O2/c1-25-14-17(24)22-10-7-19(8-11-22)18-20-13-16(23(18)12-9-21-19)15-5-3-2-4-6-15/h2-6,13,21H,7-12,14H2,1H3. The van der Waals surface area contributed by atoms with Crippen molar-refractivity contribution in [2.24, 2.45) is 0 Å². The first-order chi connectivity index (χ1) is 12.2. The molecule has 1 N–H and O–H groups in total. The van der Waals surface area contributed by atoms with Gasteiger partial charge in [0, 0.05) is 33.3 Å². The maximum atomic E-state index is 12.1. The fourth-order valence-corrected chi connectivity index (χ4v) is 4.06. The van der Waals surface area contributed by atoms with E-state index in [4.69, 9.17) is 9.72 Å². The van der Waals surface area contributed by atoms with Gasteiger partial charge in [0.05, 0.1) is 17.4 Å². The number of piperidine rings is 1. The van der Waals surface area contributed by atoms with Gasteiger partial charge in [0.1, 0.15) is 12.4 Å². The van der Waals surface area contributed by atoms with Gasteiger partial charge in [-0.15, -0.1) is 0 Å². The number of amides is 1. The third-order valence-corrected chi connectivity index (χ3v) is 5.39. The van der Waals surface area contributed by atoms with E-state index in [2.05, 4.69) is 34.1 Å². The Hall–Kier alpha value is -2.18. The summed E-state index contributed by atoms with van der Waals surface area (Å²) in [6.45, 7) is 3.49. The smallest absolute Gasteiger partial charge is 0.248 e. The van der Waals surface area contributed by atoms with Crippen molar-refractivity contribution < 1.29 is 9.53 Å². The zero-order chi connectivity index (χ0) is 17.3. The zero-order valence-electron chi connectivity index (χ0n) is 14.6. The maximum Gasteiger partial charge on any atom is 0.248 e. The lowest BCUT2D eigenvalue weighted by Gasteiger charge is -2.44. The van der Waals surface area contributed by atoms with Crippen molar-refractivity contribution >= 4 is 5.91 Å². The van der Waals surface area contributed by atoms with Crippen molar-refractivity contribution in [3.8, 4) is 11.3 Å². The molecule has 2 aromatic rings. The van der Waals surface area contributed by atoms with Crippen LogP contribution in [0, 0.1) is 0 Å². The molecule has 25 heavy (non-hydrogen) atoms. The van der Waals surface area contributed by atoms with Gasteiger partial charge in [-0.3, -0.25) is 4.79 Å². The molecule has 0 atom stereocenters. The Bertz CT molecular complexity index is 748. The quantitative estimate of drug-likeness (QED) is 0.922. The number of carbonyl (C=O) groups is 1. The van der Waals surface area contributed by atoms with Crippen LogP contribution in [-0.4, -0.2) is 53.7 Å². The first kappa shape index (κ1) is 16.3. The molecule has 132 valence electrons. The number of aromatic nitrogens is 2. The summed E-state index contributed by atoms with van der Waals surface area (Å²) in [6.07, 6.45) is 3.75. The minimum absolute atomic E-state index is 0.0708. The van der Waals surface area contributed by atoms with Gasteiger partial charge in [-0.25, -0.2) is 4.98 Å². The van der Waals surface area contributed by atoms with Crippen LogP contribution in [0.15, 0.2) is 36.5 Å². The van der Waals surface area contributed by atoms with Crippen LogP contribution in [0.25, 0.3) is 11.3 Å². The molecule has 1 spiro atoms. The minimum atomic E-state index is -0.130. The van der Waals surface area contributed by atoms with Gasteiger partial charge in [-0.2, -0.15) is 0 Å². The molecule has 6 heteroatoms. The van der Waals surface area contributed by atoms with Gasteiger partial charge in [-0.1, -0.05) is 30.3 Å². The Morgan fingerprint density at radius 3 is 2.72 bits per heavy atom. The van der Waals surface area contributed by atoms with Gasteiger partial charge >= 0.3 is 0 Å². The fraction of sp³-hybridized carbons (Fsp3) is 0.474. The van der Waals surface area contributed by atoms with Crippen LogP contribution in [0.3, 0.4) is 0 Å². The lowest BCUT2D eigenvalue weighted by Crippen LogP contribution is -2.56. The second kappa shape index (κ2) is 6.61. The third kappa shape index (κ3) is 2.85. The predicted molar refractivity (Wildman–Crippen MR) is 95.0 cm³/mol. The van der Waals surface area contributed by atoms with Crippen LogP contribution in [0.4, 0.5) is 0 Å². The molecule has 1 saturated heterocycles. The Labute approximate surface area is 147 Å². The zero-order valence-corrected chi connectivity index (χ0v) is 14.6. The number of hydrogen-bond donors (Lipinski definition) is 1. The van der Waals surface area contributed by atoms with E-state index in [0.29, 0.717) is 0 Å². The van der Waals surface area contributed by atoms with Crippen LogP contribution < -0.4 is 5.32 Å². The molecule has 1 aromatic carbocycles. The molecule has 1 fully saturated rings. The van der Waals surface area contributed by atoms with Gasteiger partial charge < -0.3 is 19.5 Å². The monoisotopic (exact) mass is 340 g/mol. The number of fused-ring (bicyclic) bond motifs is 2. The minimum Gasteiger partial charge on any atom is -0.375 e. The maximum absolute atomic E-state index is 12.1. The number of carbonyl (C=O) groups excluding carboxylic acids is 1. The van der Waals surface area contributed by atoms with E-state index in [1.165, 1.54) is 11.3 Å². The van der Waals surface area contributed by atoms with E-state index in [1.54, 1.807) is 7.11 Å². The first-order valence-electron chi connectivity index (χ1n) is 8.87. The van der Waals surface area contributed by atoms with E-state index in [-0.39, 0.29) is 18.1 Å². The highest BCUT2D eigenvalue weighted by atomic mass is 16.5. The average Bonchev–Trinajstić information content (AvgIpc) is 3.09. The van der Waals surface area contributed by atoms with Gasteiger partial charge in [0.15, 0.2) is 0 Å². The molecule has 0 bridgehead atoms. The van der Waals surface area contributed by atoms with E-state index >= 15 is 0 Å². The summed E-state index contributed by atoms with van der Waals surface area (Å²) in [5.41, 5.74) is 2.25. The van der Waals surface area contributed by atoms with Gasteiger partial charge in [-0.05, 0) is 18.4 Å². The van der Waals surface area contributed by atoms with Crippen molar-refractivity contribution in [2.45, 2.75) is 24.9 Å². The number of ether oxygens (including phenoxy) is 1. The van der Waals surface area contributed by atoms with Gasteiger partial charge in [0.2, 0.25) is 5.91 Å². The number of rotatable bonds is 3. The number of nitrogens with one attached hydrogen (secondary N) is 1. The van der Waals surface area contributed by atoms with Crippen LogP contribution in [0.1, 0.15) is 18.7 Å². The van der Waals surface area contributed by atoms with Crippen LogP contribution in [0.5, 0.6) is 0 Å². The molecule has 4 rings (SSSR count). The summed E-state index contributed by atoms with van der Waals surface area (Å²) in [7, 11) is 1.56. The first-order valence-corrected chi connectivity index (χ1v) is 8.87. The van der Waals surface area contributed by atoms with Crippen molar-refractivity contribution in [1.29, 1.82) is 0 Å². The summed E-state index contributed by atoms with van der Waals surface area (Å²) in [6, 6.07) is 10.4. The predicted octanol–water partition coefficient (Wildman–Crippen LogP) is 1.62. The largest absolute Gasteiger partial charge is 0.375 e.